The molecule has 3 aromatic rings. The Bertz CT molecular complexity index is 976. The van der Waals surface area contributed by atoms with Crippen LogP contribution in [0.1, 0.15) is 30.9 Å². The van der Waals surface area contributed by atoms with Gasteiger partial charge in [-0.2, -0.15) is 11.3 Å². The highest BCUT2D eigenvalue weighted by Gasteiger charge is 2.24. The van der Waals surface area contributed by atoms with Gasteiger partial charge in [0.25, 0.3) is 10.9 Å². The largest absolute Gasteiger partial charge is 0.378 e. The van der Waals surface area contributed by atoms with Crippen molar-refractivity contribution in [3.8, 4) is 0 Å². The van der Waals surface area contributed by atoms with Crippen LogP contribution in [-0.4, -0.2) is 37.6 Å². The van der Waals surface area contributed by atoms with Gasteiger partial charge in [0.15, 0.2) is 0 Å². The summed E-state index contributed by atoms with van der Waals surface area (Å²) in [7, 11) is 4.07. The summed E-state index contributed by atoms with van der Waals surface area (Å²) in [6.07, 6.45) is 3.68. The molecule has 0 aliphatic rings. The third-order valence-electron chi connectivity index (χ3n) is 5.52. The summed E-state index contributed by atoms with van der Waals surface area (Å²) >= 11 is 1.68. The molecule has 30 heavy (non-hydrogen) atoms. The Morgan fingerprint density at radius 2 is 1.70 bits per heavy atom. The highest BCUT2D eigenvalue weighted by molar-refractivity contribution is 7.07. The zero-order chi connectivity index (χ0) is 21.5. The Hall–Kier alpha value is -2.44. The lowest BCUT2D eigenvalue weighted by atomic mass is 10.0. The van der Waals surface area contributed by atoms with Crippen LogP contribution in [0, 0.1) is 0 Å². The second-order valence-electron chi connectivity index (χ2n) is 8.06. The molecule has 0 aliphatic heterocycles. The Morgan fingerprint density at radius 3 is 2.33 bits per heavy atom. The topological polar surface area (TPSA) is 61.4 Å². The number of nitrogens with one attached hydrogen (secondary N) is 2. The van der Waals surface area contributed by atoms with E-state index in [0.29, 0.717) is 17.9 Å². The molecule has 2 aromatic carbocycles. The van der Waals surface area contributed by atoms with Gasteiger partial charge < -0.3 is 15.5 Å². The number of benzene rings is 1. The first kappa shape index (κ1) is 22.2. The fraction of sp³-hybridized carbons (Fsp3) is 0.417. The van der Waals surface area contributed by atoms with E-state index in [9.17, 15) is 9.59 Å². The second-order valence-corrected chi connectivity index (χ2v) is 8.84. The predicted molar refractivity (Wildman–Crippen MR) is 128 cm³/mol. The van der Waals surface area contributed by atoms with Gasteiger partial charge in [-0.1, -0.05) is 43.7 Å². The van der Waals surface area contributed by atoms with Gasteiger partial charge in [-0.3, -0.25) is 9.59 Å². The van der Waals surface area contributed by atoms with Crippen LogP contribution in [0.15, 0.2) is 56.7 Å². The van der Waals surface area contributed by atoms with Gasteiger partial charge in [-0.05, 0) is 61.3 Å². The Labute approximate surface area is 182 Å². The van der Waals surface area contributed by atoms with Gasteiger partial charge in [-0.25, -0.2) is 0 Å². The molecule has 0 amide bonds. The lowest BCUT2D eigenvalue weighted by molar-refractivity contribution is 0.303. The van der Waals surface area contributed by atoms with E-state index in [1.807, 2.05) is 32.3 Å². The molecule has 1 aromatic heterocycles. The van der Waals surface area contributed by atoms with Crippen LogP contribution >= 0.6 is 11.3 Å². The Balaban J connectivity index is 1.67. The standard InChI is InChI=1S/C24H31N3O2S/c1-4-8-19(13-18-11-12-30-16-18)26-22-21(23(28)24(22)29)25-15-20(27(2)3)14-17-9-6-5-7-10-17/h5-7,9-12,16,19-20,25-26H,4,8,13-15H2,1-3H3/t19-,20+/m0/s1. The molecule has 0 spiro atoms. The SMILES string of the molecule is CCC[C@@H](Cc1ccsc1)Nc1c(NC[C@@H](Cc2ccccc2)N(C)C)c(=O)c1=O. The van der Waals surface area contributed by atoms with Crippen molar-refractivity contribution >= 4 is 22.7 Å². The summed E-state index contributed by atoms with van der Waals surface area (Å²) in [6, 6.07) is 12.8. The maximum Gasteiger partial charge on any atom is 0.253 e. The van der Waals surface area contributed by atoms with Crippen molar-refractivity contribution in [2.75, 3.05) is 31.3 Å². The molecule has 0 aliphatic carbocycles. The minimum absolute atomic E-state index is 0.141. The van der Waals surface area contributed by atoms with Crippen LogP contribution < -0.4 is 21.5 Å². The molecule has 160 valence electrons. The number of hydrogen-bond acceptors (Lipinski definition) is 6. The van der Waals surface area contributed by atoms with E-state index in [2.05, 4.69) is 51.4 Å². The molecule has 0 saturated heterocycles. The zero-order valence-electron chi connectivity index (χ0n) is 18.0. The van der Waals surface area contributed by atoms with E-state index in [0.717, 1.165) is 25.7 Å². The first-order valence-electron chi connectivity index (χ1n) is 10.5. The Kier molecular flexibility index (Phi) is 7.82. The molecule has 0 fully saturated rings. The summed E-state index contributed by atoms with van der Waals surface area (Å²) in [4.78, 5) is 26.7. The van der Waals surface area contributed by atoms with Gasteiger partial charge in [0, 0.05) is 18.6 Å². The minimum Gasteiger partial charge on any atom is -0.378 e. The van der Waals surface area contributed by atoms with Crippen LogP contribution in [-0.2, 0) is 12.8 Å². The van der Waals surface area contributed by atoms with Crippen LogP contribution in [0.3, 0.4) is 0 Å². The molecular formula is C24H31N3O2S. The highest BCUT2D eigenvalue weighted by atomic mass is 32.1. The summed E-state index contributed by atoms with van der Waals surface area (Å²) in [5.41, 5.74) is 2.57. The van der Waals surface area contributed by atoms with E-state index in [-0.39, 0.29) is 12.1 Å². The highest BCUT2D eigenvalue weighted by Crippen LogP contribution is 2.20. The van der Waals surface area contributed by atoms with Crippen molar-refractivity contribution in [2.24, 2.45) is 0 Å². The van der Waals surface area contributed by atoms with Crippen molar-refractivity contribution in [1.29, 1.82) is 0 Å². The molecule has 2 N–H and O–H groups in total. The number of anilines is 2. The maximum absolute atomic E-state index is 12.3. The molecule has 3 rings (SSSR count). The van der Waals surface area contributed by atoms with Crippen LogP contribution in [0.5, 0.6) is 0 Å². The fourth-order valence-corrected chi connectivity index (χ4v) is 4.39. The molecule has 2 atom stereocenters. The van der Waals surface area contributed by atoms with Crippen LogP contribution in [0.25, 0.3) is 0 Å². The summed E-state index contributed by atoms with van der Waals surface area (Å²) in [6.45, 7) is 2.74. The first-order chi connectivity index (χ1) is 14.5. The molecule has 6 heteroatoms. The van der Waals surface area contributed by atoms with E-state index in [4.69, 9.17) is 0 Å². The van der Waals surface area contributed by atoms with E-state index < -0.39 is 10.9 Å². The van der Waals surface area contributed by atoms with E-state index >= 15 is 0 Å². The number of nitrogens with zero attached hydrogens (tertiary/aromatic N) is 1. The lowest BCUT2D eigenvalue weighted by Gasteiger charge is -2.27. The van der Waals surface area contributed by atoms with Gasteiger partial charge in [0.2, 0.25) is 0 Å². The lowest BCUT2D eigenvalue weighted by Crippen LogP contribution is -2.43. The van der Waals surface area contributed by atoms with Crippen molar-refractivity contribution < 1.29 is 0 Å². The van der Waals surface area contributed by atoms with Gasteiger partial charge >= 0.3 is 0 Å². The number of hydrogen-bond donors (Lipinski definition) is 2. The smallest absolute Gasteiger partial charge is 0.253 e. The summed E-state index contributed by atoms with van der Waals surface area (Å²) in [5.74, 6) is 0. The zero-order valence-corrected chi connectivity index (χ0v) is 18.8. The van der Waals surface area contributed by atoms with E-state index in [1.165, 1.54) is 11.1 Å². The molecule has 0 unspecified atom stereocenters. The predicted octanol–water partition coefficient (Wildman–Crippen LogP) is 3.75. The third kappa shape index (κ3) is 5.58. The summed E-state index contributed by atoms with van der Waals surface area (Å²) < 4.78 is 0. The first-order valence-corrected chi connectivity index (χ1v) is 11.5. The van der Waals surface area contributed by atoms with Crippen molar-refractivity contribution in [2.45, 2.75) is 44.7 Å². The van der Waals surface area contributed by atoms with Crippen LogP contribution in [0.2, 0.25) is 0 Å². The quantitative estimate of drug-likeness (QED) is 0.433. The third-order valence-corrected chi connectivity index (χ3v) is 6.25. The van der Waals surface area contributed by atoms with Gasteiger partial charge in [0.05, 0.1) is 0 Å². The summed E-state index contributed by atoms with van der Waals surface area (Å²) in [5, 5.41) is 10.8. The number of rotatable bonds is 12. The molecule has 0 bridgehead atoms. The average molecular weight is 426 g/mol. The average Bonchev–Trinajstić information content (AvgIpc) is 3.25. The monoisotopic (exact) mass is 425 g/mol. The van der Waals surface area contributed by atoms with Crippen molar-refractivity contribution in [3.63, 3.8) is 0 Å². The molecule has 0 saturated carbocycles. The molecule has 1 heterocycles. The van der Waals surface area contributed by atoms with Crippen molar-refractivity contribution in [1.82, 2.24) is 4.90 Å². The minimum atomic E-state index is -0.416. The van der Waals surface area contributed by atoms with Crippen LogP contribution in [0.4, 0.5) is 11.4 Å². The second kappa shape index (κ2) is 10.5. The van der Waals surface area contributed by atoms with Gasteiger partial charge in [0.1, 0.15) is 11.4 Å². The van der Waals surface area contributed by atoms with Gasteiger partial charge in [-0.15, -0.1) is 0 Å². The molecule has 5 nitrogen and oxygen atoms in total. The van der Waals surface area contributed by atoms with E-state index in [1.54, 1.807) is 11.3 Å². The number of thiophene rings is 1. The fourth-order valence-electron chi connectivity index (χ4n) is 3.71. The number of likely N-dealkylation sites (N-methyl/N-ethyl adjacent to an activating group) is 1. The maximum atomic E-state index is 12.3. The molecule has 0 radical (unpaired) electrons. The normalized spacial score (nSPS) is 13.5. The Morgan fingerprint density at radius 1 is 0.967 bits per heavy atom. The van der Waals surface area contributed by atoms with Crippen molar-refractivity contribution in [3.05, 3.63) is 78.7 Å². The molecular weight excluding hydrogens is 394 g/mol.